The molecule has 9 nitrogen and oxygen atoms in total. The van der Waals surface area contributed by atoms with E-state index in [1.165, 1.54) is 50.2 Å². The van der Waals surface area contributed by atoms with Gasteiger partial charge in [0.15, 0.2) is 0 Å². The van der Waals surface area contributed by atoms with Crippen LogP contribution in [0.15, 0.2) is 107 Å². The Morgan fingerprint density at radius 3 is 1.85 bits per heavy atom. The topological polar surface area (TPSA) is 137 Å². The second kappa shape index (κ2) is 12.7. The van der Waals surface area contributed by atoms with Crippen molar-refractivity contribution in [2.45, 2.75) is 15.0 Å². The predicted octanol–water partition coefficient (Wildman–Crippen LogP) is 5.08. The van der Waals surface area contributed by atoms with E-state index in [1.54, 1.807) is 30.3 Å². The minimum Gasteiger partial charge on any atom is -0.496 e. The number of ether oxygens (including phenoxy) is 2. The number of nitrogens with one attached hydrogen (secondary N) is 2. The lowest BCUT2D eigenvalue weighted by Gasteiger charge is -2.18. The molecular weight excluding hydrogens is 550 g/mol. The van der Waals surface area contributed by atoms with Crippen LogP contribution in [-0.4, -0.2) is 34.5 Å². The summed E-state index contributed by atoms with van der Waals surface area (Å²) in [6, 6.07) is 27.1. The molecule has 4 aromatic carbocycles. The van der Waals surface area contributed by atoms with E-state index in [1.807, 2.05) is 42.5 Å². The molecule has 4 N–H and O–H groups in total. The molecule has 0 spiro atoms. The van der Waals surface area contributed by atoms with Gasteiger partial charge in [0.25, 0.3) is 5.91 Å². The third kappa shape index (κ3) is 7.00. The molecule has 0 fully saturated rings. The number of carbonyl (C=O) groups excluding carboxylic acids is 2. The molecular formula is C29H27N3O6S2. The van der Waals surface area contributed by atoms with Crippen LogP contribution in [0.1, 0.15) is 21.2 Å². The van der Waals surface area contributed by atoms with Crippen LogP contribution in [0.3, 0.4) is 0 Å². The summed E-state index contributed by atoms with van der Waals surface area (Å²) in [6.07, 6.45) is 0. The van der Waals surface area contributed by atoms with Gasteiger partial charge in [-0.2, -0.15) is 0 Å². The summed E-state index contributed by atoms with van der Waals surface area (Å²) in [4.78, 5) is 27.1. The maximum atomic E-state index is 13.3. The predicted molar refractivity (Wildman–Crippen MR) is 155 cm³/mol. The maximum Gasteiger partial charge on any atom is 0.263 e. The first-order valence-corrected chi connectivity index (χ1v) is 14.4. The van der Waals surface area contributed by atoms with Gasteiger partial charge in [0.1, 0.15) is 22.3 Å². The van der Waals surface area contributed by atoms with Crippen molar-refractivity contribution in [3.8, 4) is 11.5 Å². The molecule has 1 atom stereocenters. The molecule has 0 saturated heterocycles. The summed E-state index contributed by atoms with van der Waals surface area (Å²) < 4.78 is 33.7. The van der Waals surface area contributed by atoms with Crippen LogP contribution in [0, 0.1) is 0 Å². The number of methoxy groups -OCH3 is 2. The number of primary sulfonamides is 1. The summed E-state index contributed by atoms with van der Waals surface area (Å²) in [5.74, 6) is 0.102. The largest absolute Gasteiger partial charge is 0.496 e. The molecule has 0 heterocycles. The molecule has 4 aromatic rings. The Bertz CT molecular complexity index is 1570. The van der Waals surface area contributed by atoms with Gasteiger partial charge in [0, 0.05) is 16.3 Å². The van der Waals surface area contributed by atoms with Gasteiger partial charge < -0.3 is 20.1 Å². The molecule has 1 unspecified atom stereocenters. The van der Waals surface area contributed by atoms with Crippen LogP contribution in [0.2, 0.25) is 0 Å². The van der Waals surface area contributed by atoms with E-state index in [9.17, 15) is 18.0 Å². The zero-order valence-electron chi connectivity index (χ0n) is 21.7. The summed E-state index contributed by atoms with van der Waals surface area (Å²) in [7, 11) is -0.873. The number of anilines is 2. The SMILES string of the molecule is COc1cccc(OC)c1C(=O)Nc1ccc(SC(C(=O)Nc2ccc(S(N)(=O)=O)cc2)c2ccccc2)cc1. The smallest absolute Gasteiger partial charge is 0.263 e. The van der Waals surface area contributed by atoms with E-state index in [2.05, 4.69) is 10.6 Å². The third-order valence-corrected chi connectivity index (χ3v) is 8.01. The van der Waals surface area contributed by atoms with Gasteiger partial charge in [-0.05, 0) is 66.2 Å². The second-order valence-corrected chi connectivity index (χ2v) is 11.2. The van der Waals surface area contributed by atoms with E-state index >= 15 is 0 Å². The number of thioether (sulfide) groups is 1. The van der Waals surface area contributed by atoms with Crippen LogP contribution < -0.4 is 25.2 Å². The molecule has 2 amide bonds. The van der Waals surface area contributed by atoms with Crippen LogP contribution >= 0.6 is 11.8 Å². The highest BCUT2D eigenvalue weighted by atomic mass is 32.2. The van der Waals surface area contributed by atoms with Crippen molar-refractivity contribution in [3.63, 3.8) is 0 Å². The van der Waals surface area contributed by atoms with Gasteiger partial charge >= 0.3 is 0 Å². The average Bonchev–Trinajstić information content (AvgIpc) is 2.96. The van der Waals surface area contributed by atoms with Gasteiger partial charge in [-0.15, -0.1) is 11.8 Å². The van der Waals surface area contributed by atoms with Crippen LogP contribution in [0.5, 0.6) is 11.5 Å². The Kier molecular flexibility index (Phi) is 9.10. The fourth-order valence-electron chi connectivity index (χ4n) is 3.86. The minimum atomic E-state index is -3.84. The fourth-order valence-corrected chi connectivity index (χ4v) is 5.40. The number of hydrogen-bond acceptors (Lipinski definition) is 7. The first-order chi connectivity index (χ1) is 19.2. The number of carbonyl (C=O) groups is 2. The third-order valence-electron chi connectivity index (χ3n) is 5.81. The zero-order chi connectivity index (χ0) is 28.7. The molecule has 11 heteroatoms. The first kappa shape index (κ1) is 28.7. The first-order valence-electron chi connectivity index (χ1n) is 12.0. The van der Waals surface area contributed by atoms with Gasteiger partial charge in [-0.1, -0.05) is 36.4 Å². The van der Waals surface area contributed by atoms with Gasteiger partial charge in [0.2, 0.25) is 15.9 Å². The number of amides is 2. The van der Waals surface area contributed by atoms with Crippen molar-refractivity contribution < 1.29 is 27.5 Å². The van der Waals surface area contributed by atoms with Crippen LogP contribution in [-0.2, 0) is 14.8 Å². The van der Waals surface area contributed by atoms with Crippen molar-refractivity contribution >= 4 is 45.0 Å². The summed E-state index contributed by atoms with van der Waals surface area (Å²) in [5.41, 5.74) is 2.05. The normalized spacial score (nSPS) is 11.8. The van der Waals surface area contributed by atoms with E-state index < -0.39 is 15.3 Å². The van der Waals surface area contributed by atoms with Crippen molar-refractivity contribution in [1.29, 1.82) is 0 Å². The maximum absolute atomic E-state index is 13.3. The quantitative estimate of drug-likeness (QED) is 0.224. The van der Waals surface area contributed by atoms with Crippen LogP contribution in [0.4, 0.5) is 11.4 Å². The lowest BCUT2D eigenvalue weighted by molar-refractivity contribution is -0.115. The highest BCUT2D eigenvalue weighted by Crippen LogP contribution is 2.37. The average molecular weight is 578 g/mol. The standard InChI is InChI=1S/C29H27N3O6S2/c1-37-24-9-6-10-25(38-2)26(24)28(33)31-20-11-15-22(16-12-20)39-27(19-7-4-3-5-8-19)29(34)32-21-13-17-23(18-14-21)40(30,35)36/h3-18,27H,1-2H3,(H,31,33)(H,32,34)(H2,30,35,36). The Balaban J connectivity index is 1.51. The fraction of sp³-hybridized carbons (Fsp3) is 0.103. The number of nitrogens with two attached hydrogens (primary N) is 1. The summed E-state index contributed by atoms with van der Waals surface area (Å²) in [5, 5.41) is 10.2. The molecule has 4 rings (SSSR count). The van der Waals surface area contributed by atoms with Crippen molar-refractivity contribution in [2.75, 3.05) is 24.9 Å². The number of hydrogen-bond donors (Lipinski definition) is 3. The minimum absolute atomic E-state index is 0.0455. The molecule has 0 saturated carbocycles. The Morgan fingerprint density at radius 2 is 1.30 bits per heavy atom. The number of sulfonamides is 1. The monoisotopic (exact) mass is 577 g/mol. The van der Waals surface area contributed by atoms with E-state index in [-0.39, 0.29) is 22.3 Å². The van der Waals surface area contributed by atoms with Gasteiger partial charge in [0.05, 0.1) is 19.1 Å². The highest BCUT2D eigenvalue weighted by molar-refractivity contribution is 8.00. The van der Waals surface area contributed by atoms with Gasteiger partial charge in [-0.25, -0.2) is 13.6 Å². The number of rotatable bonds is 10. The van der Waals surface area contributed by atoms with Gasteiger partial charge in [-0.3, -0.25) is 9.59 Å². The van der Waals surface area contributed by atoms with E-state index in [4.69, 9.17) is 14.6 Å². The second-order valence-electron chi connectivity index (χ2n) is 8.48. The van der Waals surface area contributed by atoms with Crippen molar-refractivity contribution in [2.24, 2.45) is 5.14 Å². The van der Waals surface area contributed by atoms with E-state index in [0.717, 1.165) is 10.5 Å². The molecule has 0 radical (unpaired) electrons. The Labute approximate surface area is 236 Å². The molecule has 0 aliphatic rings. The lowest BCUT2D eigenvalue weighted by atomic mass is 10.1. The molecule has 40 heavy (non-hydrogen) atoms. The lowest BCUT2D eigenvalue weighted by Crippen LogP contribution is -2.19. The summed E-state index contributed by atoms with van der Waals surface area (Å²) in [6.45, 7) is 0. The van der Waals surface area contributed by atoms with Crippen molar-refractivity contribution in [3.05, 3.63) is 108 Å². The number of benzene rings is 4. The molecule has 0 aromatic heterocycles. The van der Waals surface area contributed by atoms with E-state index in [0.29, 0.717) is 22.9 Å². The molecule has 0 aliphatic carbocycles. The molecule has 0 aliphatic heterocycles. The summed E-state index contributed by atoms with van der Waals surface area (Å²) >= 11 is 1.33. The Hall–Kier alpha value is -4.32. The molecule has 0 bridgehead atoms. The van der Waals surface area contributed by atoms with Crippen LogP contribution in [0.25, 0.3) is 0 Å². The molecule has 206 valence electrons. The zero-order valence-corrected chi connectivity index (χ0v) is 23.3. The van der Waals surface area contributed by atoms with Crippen molar-refractivity contribution in [1.82, 2.24) is 0 Å². The highest BCUT2D eigenvalue weighted by Gasteiger charge is 2.23. The Morgan fingerprint density at radius 1 is 0.750 bits per heavy atom.